The van der Waals surface area contributed by atoms with Crippen molar-refractivity contribution in [3.63, 3.8) is 0 Å². The SMILES string of the molecule is O=C(O)N1CCN(C(=O)c2ncn([C@@H]3CCCC[C@@]3(O)CC3CC3)c2-c2ccccc2)[C@H](CSc2ccccc2)C1. The highest BCUT2D eigenvalue weighted by Gasteiger charge is 2.45. The number of carboxylic acid groups (broad SMARTS) is 1. The lowest BCUT2D eigenvalue weighted by atomic mass is 9.76. The van der Waals surface area contributed by atoms with Gasteiger partial charge in [0.15, 0.2) is 5.69 Å². The Morgan fingerprint density at radius 2 is 1.71 bits per heavy atom. The molecule has 1 aromatic heterocycles. The van der Waals surface area contributed by atoms with Gasteiger partial charge < -0.3 is 24.6 Å². The van der Waals surface area contributed by atoms with Gasteiger partial charge in [0.2, 0.25) is 0 Å². The standard InChI is InChI=1S/C32H38N4O4S/c37-30(35-18-17-34(31(38)39)20-25(35)21-41-26-11-5-2-6-12-26)28-29(24-9-3-1-4-10-24)36(22-33-28)27-13-7-8-16-32(27,40)19-23-14-15-23/h1-6,9-12,22-23,25,27,40H,7-8,13-21H2,(H,38,39)/t25-,27+,32+/m0/s1. The summed E-state index contributed by atoms with van der Waals surface area (Å²) >= 11 is 1.62. The summed E-state index contributed by atoms with van der Waals surface area (Å²) in [5, 5.41) is 21.7. The molecular formula is C32H38N4O4S. The van der Waals surface area contributed by atoms with Crippen LogP contribution in [-0.2, 0) is 0 Å². The van der Waals surface area contributed by atoms with E-state index in [0.717, 1.165) is 48.3 Å². The number of carbonyl (C=O) groups is 2. The Balaban J connectivity index is 1.34. The Kier molecular flexibility index (Phi) is 8.08. The summed E-state index contributed by atoms with van der Waals surface area (Å²) in [7, 11) is 0. The van der Waals surface area contributed by atoms with Crippen molar-refractivity contribution in [2.75, 3.05) is 25.4 Å². The maximum atomic E-state index is 14.3. The van der Waals surface area contributed by atoms with E-state index in [2.05, 4.69) is 4.57 Å². The van der Waals surface area contributed by atoms with Crippen LogP contribution in [0.15, 0.2) is 71.9 Å². The van der Waals surface area contributed by atoms with Crippen LogP contribution in [0.4, 0.5) is 4.79 Å². The minimum atomic E-state index is -0.965. The largest absolute Gasteiger partial charge is 0.465 e. The maximum Gasteiger partial charge on any atom is 0.407 e. The lowest BCUT2D eigenvalue weighted by molar-refractivity contribution is -0.0518. The van der Waals surface area contributed by atoms with Gasteiger partial charge in [-0.25, -0.2) is 9.78 Å². The van der Waals surface area contributed by atoms with E-state index < -0.39 is 11.7 Å². The van der Waals surface area contributed by atoms with Gasteiger partial charge >= 0.3 is 6.09 Å². The number of aliphatic hydroxyl groups is 1. The van der Waals surface area contributed by atoms with Crippen molar-refractivity contribution in [3.05, 3.63) is 72.7 Å². The van der Waals surface area contributed by atoms with Gasteiger partial charge in [0, 0.05) is 35.8 Å². The van der Waals surface area contributed by atoms with Gasteiger partial charge in [0.25, 0.3) is 5.91 Å². The number of amides is 2. The molecule has 0 radical (unpaired) electrons. The fourth-order valence-corrected chi connectivity index (χ4v) is 7.60. The number of thioether (sulfide) groups is 1. The summed E-state index contributed by atoms with van der Waals surface area (Å²) in [6, 6.07) is 19.4. The highest BCUT2D eigenvalue weighted by atomic mass is 32.2. The summed E-state index contributed by atoms with van der Waals surface area (Å²) in [4.78, 5) is 35.2. The van der Waals surface area contributed by atoms with Crippen molar-refractivity contribution in [2.24, 2.45) is 5.92 Å². The molecule has 2 saturated carbocycles. The van der Waals surface area contributed by atoms with Crippen LogP contribution in [0.3, 0.4) is 0 Å². The Bertz CT molecular complexity index is 1360. The van der Waals surface area contributed by atoms with Crippen molar-refractivity contribution in [2.45, 2.75) is 67.5 Å². The van der Waals surface area contributed by atoms with Crippen LogP contribution < -0.4 is 0 Å². The molecule has 6 rings (SSSR count). The fraction of sp³-hybridized carbons (Fsp3) is 0.469. The van der Waals surface area contributed by atoms with Gasteiger partial charge in [-0.05, 0) is 37.3 Å². The molecular weight excluding hydrogens is 536 g/mol. The second-order valence-electron chi connectivity index (χ2n) is 11.7. The second kappa shape index (κ2) is 11.9. The fourth-order valence-electron chi connectivity index (χ4n) is 6.58. The van der Waals surface area contributed by atoms with Crippen molar-refractivity contribution >= 4 is 23.8 Å². The van der Waals surface area contributed by atoms with Crippen molar-refractivity contribution in [3.8, 4) is 11.3 Å². The van der Waals surface area contributed by atoms with E-state index in [1.807, 2.05) is 65.6 Å². The predicted octanol–water partition coefficient (Wildman–Crippen LogP) is 5.79. The molecule has 216 valence electrons. The quantitative estimate of drug-likeness (QED) is 0.330. The van der Waals surface area contributed by atoms with E-state index in [1.54, 1.807) is 18.1 Å². The summed E-state index contributed by atoms with van der Waals surface area (Å²) in [5.74, 6) is 0.969. The molecule has 0 bridgehead atoms. The zero-order valence-electron chi connectivity index (χ0n) is 23.3. The second-order valence-corrected chi connectivity index (χ2v) is 12.8. The first-order valence-electron chi connectivity index (χ1n) is 14.7. The van der Waals surface area contributed by atoms with Crippen LogP contribution in [0.5, 0.6) is 0 Å². The first-order chi connectivity index (χ1) is 19.9. The molecule has 3 aromatic rings. The van der Waals surface area contributed by atoms with Gasteiger partial charge in [-0.1, -0.05) is 74.2 Å². The monoisotopic (exact) mass is 574 g/mol. The summed E-state index contributed by atoms with van der Waals surface area (Å²) in [5.41, 5.74) is 1.19. The van der Waals surface area contributed by atoms with E-state index >= 15 is 0 Å². The molecule has 3 aliphatic rings. The minimum Gasteiger partial charge on any atom is -0.465 e. The molecule has 1 aliphatic heterocycles. The maximum absolute atomic E-state index is 14.3. The molecule has 1 saturated heterocycles. The van der Waals surface area contributed by atoms with Crippen LogP contribution >= 0.6 is 11.8 Å². The number of piperazine rings is 1. The third-order valence-electron chi connectivity index (χ3n) is 8.88. The van der Waals surface area contributed by atoms with E-state index in [9.17, 15) is 19.8 Å². The lowest BCUT2D eigenvalue weighted by Crippen LogP contribution is -2.57. The van der Waals surface area contributed by atoms with E-state index in [4.69, 9.17) is 4.98 Å². The van der Waals surface area contributed by atoms with Crippen molar-refractivity contribution in [1.29, 1.82) is 0 Å². The predicted molar refractivity (Wildman–Crippen MR) is 159 cm³/mol. The zero-order chi connectivity index (χ0) is 28.4. The smallest absolute Gasteiger partial charge is 0.407 e. The van der Waals surface area contributed by atoms with E-state index in [-0.39, 0.29) is 31.1 Å². The van der Waals surface area contributed by atoms with Gasteiger partial charge in [0.05, 0.1) is 29.7 Å². The molecule has 2 amide bonds. The number of rotatable bonds is 8. The number of imidazole rings is 1. The third kappa shape index (κ3) is 6.02. The Labute approximate surface area is 245 Å². The Morgan fingerprint density at radius 3 is 2.41 bits per heavy atom. The van der Waals surface area contributed by atoms with Gasteiger partial charge in [-0.2, -0.15) is 0 Å². The first kappa shape index (κ1) is 27.8. The number of benzene rings is 2. The third-order valence-corrected chi connectivity index (χ3v) is 10.0. The number of nitrogens with zero attached hydrogens (tertiary/aromatic N) is 4. The average molecular weight is 575 g/mol. The molecule has 3 atom stereocenters. The summed E-state index contributed by atoms with van der Waals surface area (Å²) in [6.45, 7) is 0.825. The van der Waals surface area contributed by atoms with Crippen molar-refractivity contribution < 1.29 is 19.8 Å². The van der Waals surface area contributed by atoms with E-state index in [1.165, 1.54) is 17.7 Å². The molecule has 0 spiro atoms. The van der Waals surface area contributed by atoms with Crippen LogP contribution in [0.1, 0.15) is 61.5 Å². The number of carbonyl (C=O) groups excluding carboxylic acids is 1. The molecule has 2 N–H and O–H groups in total. The number of hydrogen-bond donors (Lipinski definition) is 2. The molecule has 2 aromatic carbocycles. The van der Waals surface area contributed by atoms with Gasteiger partial charge in [0.1, 0.15) is 0 Å². The summed E-state index contributed by atoms with van der Waals surface area (Å²) in [6.07, 6.45) is 7.60. The first-order valence-corrected chi connectivity index (χ1v) is 15.7. The van der Waals surface area contributed by atoms with Crippen LogP contribution in [0, 0.1) is 5.92 Å². The lowest BCUT2D eigenvalue weighted by Gasteiger charge is -2.42. The molecule has 41 heavy (non-hydrogen) atoms. The van der Waals surface area contributed by atoms with Gasteiger partial charge in [-0.15, -0.1) is 11.8 Å². The number of aromatic nitrogens is 2. The molecule has 2 heterocycles. The average Bonchev–Trinajstić information content (AvgIpc) is 3.70. The topological polar surface area (TPSA) is 98.9 Å². The van der Waals surface area contributed by atoms with Gasteiger partial charge in [-0.3, -0.25) is 4.79 Å². The Hall–Kier alpha value is -3.30. The molecule has 3 fully saturated rings. The van der Waals surface area contributed by atoms with Crippen LogP contribution in [0.25, 0.3) is 11.3 Å². The summed E-state index contributed by atoms with van der Waals surface area (Å²) < 4.78 is 2.07. The zero-order valence-corrected chi connectivity index (χ0v) is 24.1. The van der Waals surface area contributed by atoms with Crippen molar-refractivity contribution in [1.82, 2.24) is 19.4 Å². The van der Waals surface area contributed by atoms with Crippen LogP contribution in [-0.4, -0.2) is 78.6 Å². The molecule has 2 aliphatic carbocycles. The molecule has 9 heteroatoms. The number of hydrogen-bond acceptors (Lipinski definition) is 5. The van der Waals surface area contributed by atoms with Crippen LogP contribution in [0.2, 0.25) is 0 Å². The van der Waals surface area contributed by atoms with E-state index in [0.29, 0.717) is 23.9 Å². The Morgan fingerprint density at radius 1 is 0.976 bits per heavy atom. The molecule has 8 nitrogen and oxygen atoms in total. The minimum absolute atomic E-state index is 0.144. The highest BCUT2D eigenvalue weighted by Crippen LogP contribution is 2.48. The highest BCUT2D eigenvalue weighted by molar-refractivity contribution is 7.99. The molecule has 0 unspecified atom stereocenters. The normalized spacial score (nSPS) is 24.8.